The van der Waals surface area contributed by atoms with Gasteiger partial charge in [-0.3, -0.25) is 9.59 Å². The molecule has 1 fully saturated rings. The molecule has 168 valence electrons. The Hall–Kier alpha value is -3.64. The standard InChI is InChI=1S/C26H23ClN2O4/c1-16(2)33-21-11-7-19(8-12-21)24(30)22-23(18-5-9-20(27)10-6-18)29(26(32)25(22)31)15-17-4-3-13-28-14-17/h3-14,16,23,30H,15H2,1-2H3/p+1. The third-order valence-electron chi connectivity index (χ3n) is 5.35. The first-order valence-electron chi connectivity index (χ1n) is 10.6. The van der Waals surface area contributed by atoms with Crippen LogP contribution >= 0.6 is 11.6 Å². The summed E-state index contributed by atoms with van der Waals surface area (Å²) in [5, 5.41) is 11.7. The lowest BCUT2D eigenvalue weighted by Gasteiger charge is -2.25. The topological polar surface area (TPSA) is 81.0 Å². The number of ketones is 1. The molecule has 1 aromatic heterocycles. The summed E-state index contributed by atoms with van der Waals surface area (Å²) in [6, 6.07) is 16.6. The number of rotatable bonds is 6. The zero-order valence-corrected chi connectivity index (χ0v) is 19.0. The molecule has 1 aliphatic rings. The molecule has 2 N–H and O–H groups in total. The third kappa shape index (κ3) is 4.76. The predicted molar refractivity (Wildman–Crippen MR) is 125 cm³/mol. The van der Waals surface area contributed by atoms with Crippen molar-refractivity contribution in [1.82, 2.24) is 4.90 Å². The van der Waals surface area contributed by atoms with Crippen LogP contribution in [0.1, 0.15) is 36.6 Å². The van der Waals surface area contributed by atoms with Crippen LogP contribution in [0.4, 0.5) is 0 Å². The Morgan fingerprint density at radius 2 is 1.79 bits per heavy atom. The molecule has 0 spiro atoms. The number of aromatic amines is 1. The highest BCUT2D eigenvalue weighted by molar-refractivity contribution is 6.46. The minimum absolute atomic E-state index is 0.00917. The molecule has 0 aliphatic carbocycles. The number of hydrogen-bond donors (Lipinski definition) is 1. The smallest absolute Gasteiger partial charge is 0.295 e. The second kappa shape index (κ2) is 9.46. The molecule has 1 unspecified atom stereocenters. The number of nitrogens with zero attached hydrogens (tertiary/aromatic N) is 1. The van der Waals surface area contributed by atoms with Crippen molar-refractivity contribution in [3.8, 4) is 5.75 Å². The van der Waals surface area contributed by atoms with E-state index < -0.39 is 17.7 Å². The average Bonchev–Trinajstić information content (AvgIpc) is 3.05. The van der Waals surface area contributed by atoms with Crippen molar-refractivity contribution in [3.05, 3.63) is 100 Å². The zero-order chi connectivity index (χ0) is 23.5. The number of likely N-dealkylation sites (tertiary alicyclic amines) is 1. The van der Waals surface area contributed by atoms with E-state index in [1.54, 1.807) is 60.9 Å². The number of halogens is 1. The fraction of sp³-hybridized carbons (Fsp3) is 0.192. The Morgan fingerprint density at radius 1 is 1.09 bits per heavy atom. The maximum atomic E-state index is 13.1. The Bertz CT molecular complexity index is 1190. The Balaban J connectivity index is 1.79. The molecule has 1 aliphatic heterocycles. The van der Waals surface area contributed by atoms with E-state index in [-0.39, 0.29) is 24.0 Å². The predicted octanol–water partition coefficient (Wildman–Crippen LogP) is 4.56. The SMILES string of the molecule is CC(C)Oc1ccc(C(O)=C2C(=O)C(=O)N(Cc3ccc[nH+]c3)C2c2ccc(Cl)cc2)cc1. The number of Topliss-reactive ketones (excluding diaryl/α,β-unsaturated/α-hetero) is 1. The Morgan fingerprint density at radius 3 is 2.39 bits per heavy atom. The highest BCUT2D eigenvalue weighted by Crippen LogP contribution is 2.40. The van der Waals surface area contributed by atoms with Crippen molar-refractivity contribution in [2.24, 2.45) is 0 Å². The number of pyridine rings is 1. The van der Waals surface area contributed by atoms with Crippen LogP contribution in [0, 0.1) is 0 Å². The van der Waals surface area contributed by atoms with Crippen molar-refractivity contribution in [2.45, 2.75) is 32.5 Å². The quantitative estimate of drug-likeness (QED) is 0.330. The maximum Gasteiger partial charge on any atom is 0.295 e. The number of aromatic nitrogens is 1. The van der Waals surface area contributed by atoms with Crippen molar-refractivity contribution in [1.29, 1.82) is 0 Å². The van der Waals surface area contributed by atoms with E-state index in [0.717, 1.165) is 5.56 Å². The number of ether oxygens (including phenoxy) is 1. The van der Waals surface area contributed by atoms with Crippen molar-refractivity contribution >= 4 is 29.1 Å². The van der Waals surface area contributed by atoms with Gasteiger partial charge in [0.15, 0.2) is 12.4 Å². The van der Waals surface area contributed by atoms with E-state index in [1.807, 2.05) is 26.0 Å². The molecule has 3 aromatic rings. The number of hydrogen-bond acceptors (Lipinski definition) is 4. The fourth-order valence-electron chi connectivity index (χ4n) is 3.88. The molecule has 0 saturated carbocycles. The van der Waals surface area contributed by atoms with Gasteiger partial charge < -0.3 is 14.7 Å². The van der Waals surface area contributed by atoms with Crippen LogP contribution in [0.2, 0.25) is 5.02 Å². The van der Waals surface area contributed by atoms with Crippen LogP contribution < -0.4 is 9.72 Å². The van der Waals surface area contributed by atoms with Crippen LogP contribution in [0.25, 0.3) is 5.76 Å². The molecular weight excluding hydrogens is 440 g/mol. The molecule has 1 atom stereocenters. The van der Waals surface area contributed by atoms with Gasteiger partial charge in [0.2, 0.25) is 0 Å². The van der Waals surface area contributed by atoms with Gasteiger partial charge in [-0.1, -0.05) is 23.7 Å². The summed E-state index contributed by atoms with van der Waals surface area (Å²) in [5.74, 6) is -0.974. The van der Waals surface area contributed by atoms with Crippen molar-refractivity contribution in [3.63, 3.8) is 0 Å². The number of nitrogens with one attached hydrogen (secondary N) is 1. The first kappa shape index (κ1) is 22.6. The summed E-state index contributed by atoms with van der Waals surface area (Å²) in [5.41, 5.74) is 1.98. The van der Waals surface area contributed by atoms with E-state index in [9.17, 15) is 14.7 Å². The summed E-state index contributed by atoms with van der Waals surface area (Å²) in [4.78, 5) is 30.6. The van der Waals surface area contributed by atoms with Gasteiger partial charge >= 0.3 is 0 Å². The molecule has 2 aromatic carbocycles. The van der Waals surface area contributed by atoms with Crippen molar-refractivity contribution < 1.29 is 24.4 Å². The first-order chi connectivity index (χ1) is 15.8. The van der Waals surface area contributed by atoms with E-state index in [0.29, 0.717) is 21.9 Å². The number of benzene rings is 2. The van der Waals surface area contributed by atoms with Gasteiger partial charge in [-0.05, 0) is 61.9 Å². The highest BCUT2D eigenvalue weighted by atomic mass is 35.5. The number of aliphatic hydroxyl groups excluding tert-OH is 1. The van der Waals surface area contributed by atoms with Gasteiger partial charge in [0.1, 0.15) is 11.5 Å². The molecule has 4 rings (SSSR count). The van der Waals surface area contributed by atoms with Crippen LogP contribution in [0.5, 0.6) is 5.75 Å². The van der Waals surface area contributed by atoms with Crippen molar-refractivity contribution in [2.75, 3.05) is 0 Å². The Labute approximate surface area is 197 Å². The minimum Gasteiger partial charge on any atom is -0.507 e. The highest BCUT2D eigenvalue weighted by Gasteiger charge is 2.46. The first-order valence-corrected chi connectivity index (χ1v) is 11.0. The second-order valence-electron chi connectivity index (χ2n) is 8.08. The normalized spacial score (nSPS) is 17.6. The molecule has 7 heteroatoms. The summed E-state index contributed by atoms with van der Waals surface area (Å²) >= 11 is 6.06. The van der Waals surface area contributed by atoms with Gasteiger partial charge in [-0.15, -0.1) is 0 Å². The summed E-state index contributed by atoms with van der Waals surface area (Å²) in [6.07, 6.45) is 3.54. The van der Waals surface area contributed by atoms with E-state index in [4.69, 9.17) is 16.3 Å². The lowest BCUT2D eigenvalue weighted by molar-refractivity contribution is -0.378. The Kier molecular flexibility index (Phi) is 6.47. The van der Waals surface area contributed by atoms with Crippen LogP contribution in [0.15, 0.2) is 78.6 Å². The fourth-order valence-corrected chi connectivity index (χ4v) is 4.01. The lowest BCUT2D eigenvalue weighted by Crippen LogP contribution is -2.29. The molecule has 0 bridgehead atoms. The molecule has 33 heavy (non-hydrogen) atoms. The van der Waals surface area contributed by atoms with Gasteiger partial charge in [-0.25, -0.2) is 4.98 Å². The van der Waals surface area contributed by atoms with Gasteiger partial charge in [0, 0.05) is 22.2 Å². The van der Waals surface area contributed by atoms with E-state index in [2.05, 4.69) is 4.98 Å². The minimum atomic E-state index is -0.755. The number of aliphatic hydroxyl groups is 1. The average molecular weight is 464 g/mol. The largest absolute Gasteiger partial charge is 0.507 e. The molecule has 1 amide bonds. The van der Waals surface area contributed by atoms with Crippen LogP contribution in [-0.4, -0.2) is 27.8 Å². The summed E-state index contributed by atoms with van der Waals surface area (Å²) in [7, 11) is 0. The summed E-state index contributed by atoms with van der Waals surface area (Å²) in [6.45, 7) is 4.05. The van der Waals surface area contributed by atoms with Gasteiger partial charge in [0.25, 0.3) is 11.7 Å². The maximum absolute atomic E-state index is 13.1. The molecule has 0 radical (unpaired) electrons. The summed E-state index contributed by atoms with van der Waals surface area (Å²) < 4.78 is 5.66. The molecule has 1 saturated heterocycles. The number of H-pyrrole nitrogens is 1. The van der Waals surface area contributed by atoms with Crippen LogP contribution in [-0.2, 0) is 16.1 Å². The lowest BCUT2D eigenvalue weighted by atomic mass is 9.95. The van der Waals surface area contributed by atoms with E-state index >= 15 is 0 Å². The molecule has 2 heterocycles. The number of carbonyl (C=O) groups is 2. The molecular formula is C26H24ClN2O4+. The number of carbonyl (C=O) groups excluding carboxylic acids is 2. The number of amides is 1. The van der Waals surface area contributed by atoms with Gasteiger partial charge in [0.05, 0.1) is 24.3 Å². The third-order valence-corrected chi connectivity index (χ3v) is 5.60. The van der Waals surface area contributed by atoms with Gasteiger partial charge in [-0.2, -0.15) is 0 Å². The second-order valence-corrected chi connectivity index (χ2v) is 8.52. The monoisotopic (exact) mass is 463 g/mol. The van der Waals surface area contributed by atoms with E-state index in [1.165, 1.54) is 4.90 Å². The van der Waals surface area contributed by atoms with Crippen LogP contribution in [0.3, 0.4) is 0 Å². The molecule has 6 nitrogen and oxygen atoms in total. The zero-order valence-electron chi connectivity index (χ0n) is 18.3.